The molecule has 0 aliphatic carbocycles. The molecule has 0 spiro atoms. The number of hydrogen-bond acceptors (Lipinski definition) is 4. The minimum atomic E-state index is 0.0487. The minimum Gasteiger partial charge on any atom is -0.308 e. The van der Waals surface area contributed by atoms with Crippen LogP contribution in [0, 0.1) is 13.8 Å². The zero-order chi connectivity index (χ0) is 14.7. The summed E-state index contributed by atoms with van der Waals surface area (Å²) in [5.41, 5.74) is 4.12. The van der Waals surface area contributed by atoms with E-state index in [-0.39, 0.29) is 6.04 Å². The van der Waals surface area contributed by atoms with Crippen molar-refractivity contribution in [1.82, 2.24) is 25.3 Å². The monoisotopic (exact) mass is 337 g/mol. The van der Waals surface area contributed by atoms with Crippen LogP contribution in [0.25, 0.3) is 0 Å². The van der Waals surface area contributed by atoms with Gasteiger partial charge < -0.3 is 5.32 Å². The second-order valence-electron chi connectivity index (χ2n) is 4.85. The van der Waals surface area contributed by atoms with Crippen molar-refractivity contribution in [1.29, 1.82) is 0 Å². The van der Waals surface area contributed by atoms with Gasteiger partial charge in [-0.2, -0.15) is 15.3 Å². The number of aryl methyl sites for hydroxylation is 3. The van der Waals surface area contributed by atoms with E-state index in [9.17, 15) is 0 Å². The van der Waals surface area contributed by atoms with Gasteiger partial charge in [0.2, 0.25) is 0 Å². The predicted octanol–water partition coefficient (Wildman–Crippen LogP) is 2.77. The van der Waals surface area contributed by atoms with Gasteiger partial charge in [-0.15, -0.1) is 0 Å². The molecule has 5 nitrogen and oxygen atoms in total. The molecular formula is C14H20BrN5. The summed E-state index contributed by atoms with van der Waals surface area (Å²) in [6, 6.07) is 2.13. The van der Waals surface area contributed by atoms with E-state index < -0.39 is 0 Å². The third kappa shape index (κ3) is 2.91. The van der Waals surface area contributed by atoms with E-state index in [1.54, 1.807) is 0 Å². The number of nitrogens with zero attached hydrogens (tertiary/aromatic N) is 4. The van der Waals surface area contributed by atoms with Crippen LogP contribution in [0.3, 0.4) is 0 Å². The molecule has 1 N–H and O–H groups in total. The van der Waals surface area contributed by atoms with Gasteiger partial charge in [0.25, 0.3) is 0 Å². The number of halogens is 1. The average Bonchev–Trinajstić information content (AvgIpc) is 2.77. The standard InChI is InChI=1S/C14H20BrN5/c1-5-6-20-14(12(15)8-17-20)13(16-4)11-7-9(2)18-19-10(11)3/h7-8,13,16H,5-6H2,1-4H3. The van der Waals surface area contributed by atoms with Crippen LogP contribution in [0.1, 0.15) is 42.0 Å². The fourth-order valence-corrected chi connectivity index (χ4v) is 2.88. The summed E-state index contributed by atoms with van der Waals surface area (Å²) in [5, 5.41) is 16.1. The van der Waals surface area contributed by atoms with Crippen LogP contribution in [0.15, 0.2) is 16.7 Å². The van der Waals surface area contributed by atoms with Crippen LogP contribution in [-0.2, 0) is 6.54 Å². The van der Waals surface area contributed by atoms with E-state index in [1.807, 2.05) is 31.8 Å². The van der Waals surface area contributed by atoms with Gasteiger partial charge in [0.1, 0.15) is 0 Å². The number of hydrogen-bond donors (Lipinski definition) is 1. The highest BCUT2D eigenvalue weighted by Crippen LogP contribution is 2.29. The first-order chi connectivity index (χ1) is 9.58. The topological polar surface area (TPSA) is 55.6 Å². The molecule has 0 saturated heterocycles. The lowest BCUT2D eigenvalue weighted by Crippen LogP contribution is -2.23. The van der Waals surface area contributed by atoms with Crippen molar-refractivity contribution in [3.05, 3.63) is 39.4 Å². The Balaban J connectivity index is 2.52. The van der Waals surface area contributed by atoms with Crippen LogP contribution in [0.4, 0.5) is 0 Å². The summed E-state index contributed by atoms with van der Waals surface area (Å²) in [6.45, 7) is 6.99. The van der Waals surface area contributed by atoms with Crippen LogP contribution < -0.4 is 5.32 Å². The first-order valence-corrected chi connectivity index (χ1v) is 7.57. The van der Waals surface area contributed by atoms with E-state index in [1.165, 1.54) is 0 Å². The summed E-state index contributed by atoms with van der Waals surface area (Å²) in [4.78, 5) is 0. The molecule has 1 unspecified atom stereocenters. The molecule has 2 aromatic rings. The van der Waals surface area contributed by atoms with E-state index in [0.717, 1.165) is 40.1 Å². The third-order valence-corrected chi connectivity index (χ3v) is 3.89. The fraction of sp³-hybridized carbons (Fsp3) is 0.500. The summed E-state index contributed by atoms with van der Waals surface area (Å²) in [6.07, 6.45) is 2.90. The Kier molecular flexibility index (Phi) is 4.88. The molecule has 108 valence electrons. The van der Waals surface area contributed by atoms with Crippen LogP contribution >= 0.6 is 15.9 Å². The molecule has 6 heteroatoms. The Hall–Kier alpha value is -1.27. The van der Waals surface area contributed by atoms with Gasteiger partial charge in [0.15, 0.2) is 0 Å². The lowest BCUT2D eigenvalue weighted by molar-refractivity contribution is 0.530. The van der Waals surface area contributed by atoms with Crippen LogP contribution in [0.2, 0.25) is 0 Å². The molecule has 2 aromatic heterocycles. The second-order valence-corrected chi connectivity index (χ2v) is 5.70. The molecule has 1 atom stereocenters. The summed E-state index contributed by atoms with van der Waals surface area (Å²) in [5.74, 6) is 0. The van der Waals surface area contributed by atoms with Gasteiger partial charge in [-0.3, -0.25) is 4.68 Å². The Morgan fingerprint density at radius 2 is 2.10 bits per heavy atom. The quantitative estimate of drug-likeness (QED) is 0.911. The lowest BCUT2D eigenvalue weighted by Gasteiger charge is -2.20. The molecule has 0 fully saturated rings. The van der Waals surface area contributed by atoms with Crippen LogP contribution in [0.5, 0.6) is 0 Å². The van der Waals surface area contributed by atoms with Gasteiger partial charge in [-0.1, -0.05) is 6.92 Å². The van der Waals surface area contributed by atoms with Gasteiger partial charge >= 0.3 is 0 Å². The normalized spacial score (nSPS) is 12.7. The van der Waals surface area contributed by atoms with E-state index in [4.69, 9.17) is 0 Å². The Morgan fingerprint density at radius 3 is 2.75 bits per heavy atom. The SMILES string of the molecule is CCCn1ncc(Br)c1C(NC)c1cc(C)nnc1C. The average molecular weight is 338 g/mol. The molecule has 0 aliphatic heterocycles. The number of aromatic nitrogens is 4. The highest BCUT2D eigenvalue weighted by Gasteiger charge is 2.22. The molecule has 20 heavy (non-hydrogen) atoms. The summed E-state index contributed by atoms with van der Waals surface area (Å²) >= 11 is 3.61. The van der Waals surface area contributed by atoms with Crippen molar-refractivity contribution >= 4 is 15.9 Å². The molecule has 0 amide bonds. The highest BCUT2D eigenvalue weighted by atomic mass is 79.9. The molecular weight excluding hydrogens is 318 g/mol. The van der Waals surface area contributed by atoms with E-state index in [2.05, 4.69) is 49.5 Å². The van der Waals surface area contributed by atoms with E-state index in [0.29, 0.717) is 0 Å². The molecule has 0 aromatic carbocycles. The maximum atomic E-state index is 4.45. The first-order valence-electron chi connectivity index (χ1n) is 6.77. The lowest BCUT2D eigenvalue weighted by atomic mass is 10.0. The van der Waals surface area contributed by atoms with Crippen molar-refractivity contribution in [3.63, 3.8) is 0 Å². The van der Waals surface area contributed by atoms with Gasteiger partial charge in [0, 0.05) is 12.1 Å². The Bertz CT molecular complexity index is 593. The predicted molar refractivity (Wildman–Crippen MR) is 82.6 cm³/mol. The summed E-state index contributed by atoms with van der Waals surface area (Å²) < 4.78 is 3.06. The third-order valence-electron chi connectivity index (χ3n) is 3.28. The molecule has 0 radical (unpaired) electrons. The Morgan fingerprint density at radius 1 is 1.35 bits per heavy atom. The van der Waals surface area contributed by atoms with Crippen molar-refractivity contribution < 1.29 is 0 Å². The van der Waals surface area contributed by atoms with E-state index >= 15 is 0 Å². The summed E-state index contributed by atoms with van der Waals surface area (Å²) in [7, 11) is 1.95. The zero-order valence-electron chi connectivity index (χ0n) is 12.3. The van der Waals surface area contributed by atoms with Gasteiger partial charge in [-0.05, 0) is 49.3 Å². The van der Waals surface area contributed by atoms with Crippen LogP contribution in [-0.4, -0.2) is 27.0 Å². The van der Waals surface area contributed by atoms with Crippen molar-refractivity contribution in [2.24, 2.45) is 0 Å². The molecule has 2 heterocycles. The van der Waals surface area contributed by atoms with Crippen molar-refractivity contribution in [2.45, 2.75) is 39.8 Å². The molecule has 0 aliphatic rings. The zero-order valence-corrected chi connectivity index (χ0v) is 13.9. The maximum absolute atomic E-state index is 4.45. The molecule has 2 rings (SSSR count). The first kappa shape index (κ1) is 15.1. The second kappa shape index (κ2) is 6.45. The van der Waals surface area contributed by atoms with Gasteiger partial charge in [0.05, 0.1) is 33.8 Å². The van der Waals surface area contributed by atoms with Crippen molar-refractivity contribution in [3.8, 4) is 0 Å². The highest BCUT2D eigenvalue weighted by molar-refractivity contribution is 9.10. The molecule has 0 saturated carbocycles. The Labute approximate surface area is 127 Å². The van der Waals surface area contributed by atoms with Crippen molar-refractivity contribution in [2.75, 3.05) is 7.05 Å². The fourth-order valence-electron chi connectivity index (χ4n) is 2.35. The smallest absolute Gasteiger partial charge is 0.0776 e. The molecule has 0 bridgehead atoms. The van der Waals surface area contributed by atoms with Gasteiger partial charge in [-0.25, -0.2) is 0 Å². The maximum Gasteiger partial charge on any atom is 0.0776 e. The minimum absolute atomic E-state index is 0.0487. The largest absolute Gasteiger partial charge is 0.308 e. The number of nitrogens with one attached hydrogen (secondary N) is 1. The number of rotatable bonds is 5.